The van der Waals surface area contributed by atoms with Crippen molar-refractivity contribution < 1.29 is 4.74 Å². The van der Waals surface area contributed by atoms with Gasteiger partial charge in [0.25, 0.3) is 0 Å². The molecule has 0 aliphatic heterocycles. The van der Waals surface area contributed by atoms with Gasteiger partial charge in [-0.25, -0.2) is 4.68 Å². The molecule has 0 aliphatic carbocycles. The predicted octanol–water partition coefficient (Wildman–Crippen LogP) is 2.95. The molecule has 4 heteroatoms. The minimum atomic E-state index is 0.843. The van der Waals surface area contributed by atoms with Crippen LogP contribution in [0.1, 0.15) is 5.69 Å². The van der Waals surface area contributed by atoms with E-state index in [0.29, 0.717) is 0 Å². The Morgan fingerprint density at radius 2 is 1.93 bits per heavy atom. The molecule has 1 heterocycles. The van der Waals surface area contributed by atoms with Crippen molar-refractivity contribution in [3.05, 3.63) is 40.6 Å². The molecule has 0 saturated carbocycles. The zero-order chi connectivity index (χ0) is 10.8. The second-order valence-electron chi connectivity index (χ2n) is 3.22. The fourth-order valence-corrected chi connectivity index (χ4v) is 1.91. The summed E-state index contributed by atoms with van der Waals surface area (Å²) in [4.78, 5) is 0. The molecule has 78 valence electrons. The highest BCUT2D eigenvalue weighted by molar-refractivity contribution is 9.10. The quantitative estimate of drug-likeness (QED) is 0.836. The lowest BCUT2D eigenvalue weighted by Crippen LogP contribution is -1.98. The monoisotopic (exact) mass is 266 g/mol. The van der Waals surface area contributed by atoms with Crippen molar-refractivity contribution in [3.8, 4) is 11.4 Å². The first-order chi connectivity index (χ1) is 7.20. The summed E-state index contributed by atoms with van der Waals surface area (Å²) in [6, 6.07) is 9.77. The summed E-state index contributed by atoms with van der Waals surface area (Å²) in [6.45, 7) is 2.02. The molecule has 15 heavy (non-hydrogen) atoms. The van der Waals surface area contributed by atoms with Crippen molar-refractivity contribution in [2.75, 3.05) is 7.11 Å². The topological polar surface area (TPSA) is 27.1 Å². The number of halogens is 1. The highest BCUT2D eigenvalue weighted by Gasteiger charge is 2.03. The second-order valence-corrected chi connectivity index (χ2v) is 4.03. The Morgan fingerprint density at radius 1 is 1.27 bits per heavy atom. The van der Waals surface area contributed by atoms with Crippen LogP contribution in [-0.4, -0.2) is 16.9 Å². The SMILES string of the molecule is COc1ccc(-n2nc(Br)cc2C)cc1. The number of benzene rings is 1. The summed E-state index contributed by atoms with van der Waals surface area (Å²) in [5, 5.41) is 4.33. The maximum Gasteiger partial charge on any atom is 0.128 e. The van der Waals surface area contributed by atoms with Crippen LogP contribution < -0.4 is 4.74 Å². The van der Waals surface area contributed by atoms with Gasteiger partial charge in [-0.05, 0) is 53.2 Å². The number of hydrogen-bond donors (Lipinski definition) is 0. The maximum atomic E-state index is 5.10. The summed E-state index contributed by atoms with van der Waals surface area (Å²) in [6.07, 6.45) is 0. The summed E-state index contributed by atoms with van der Waals surface area (Å²) >= 11 is 3.35. The second kappa shape index (κ2) is 4.06. The van der Waals surface area contributed by atoms with Crippen molar-refractivity contribution in [2.45, 2.75) is 6.92 Å². The number of ether oxygens (including phenoxy) is 1. The van der Waals surface area contributed by atoms with Gasteiger partial charge in [0.15, 0.2) is 0 Å². The Morgan fingerprint density at radius 3 is 2.40 bits per heavy atom. The largest absolute Gasteiger partial charge is 0.497 e. The van der Waals surface area contributed by atoms with Crippen molar-refractivity contribution in [3.63, 3.8) is 0 Å². The van der Waals surface area contributed by atoms with Gasteiger partial charge in [0.1, 0.15) is 10.4 Å². The van der Waals surface area contributed by atoms with E-state index in [1.54, 1.807) is 7.11 Å². The molecule has 0 bridgehead atoms. The predicted molar refractivity (Wildman–Crippen MR) is 62.6 cm³/mol. The van der Waals surface area contributed by atoms with E-state index in [1.165, 1.54) is 0 Å². The first-order valence-electron chi connectivity index (χ1n) is 4.57. The van der Waals surface area contributed by atoms with E-state index in [4.69, 9.17) is 4.74 Å². The highest BCUT2D eigenvalue weighted by Crippen LogP contribution is 2.18. The van der Waals surface area contributed by atoms with Gasteiger partial charge < -0.3 is 4.74 Å². The average Bonchev–Trinajstić information content (AvgIpc) is 2.58. The van der Waals surface area contributed by atoms with Crippen molar-refractivity contribution in [1.29, 1.82) is 0 Å². The maximum absolute atomic E-state index is 5.10. The van der Waals surface area contributed by atoms with Crippen LogP contribution in [0.2, 0.25) is 0 Å². The van der Waals surface area contributed by atoms with Gasteiger partial charge in [0.2, 0.25) is 0 Å². The van der Waals surface area contributed by atoms with E-state index in [-0.39, 0.29) is 0 Å². The Labute approximate surface area is 96.8 Å². The Bertz CT molecular complexity index is 462. The molecule has 0 atom stereocenters. The van der Waals surface area contributed by atoms with E-state index in [0.717, 1.165) is 21.7 Å². The molecule has 0 aliphatic rings. The van der Waals surface area contributed by atoms with Crippen LogP contribution in [0, 0.1) is 6.92 Å². The first-order valence-corrected chi connectivity index (χ1v) is 5.36. The lowest BCUT2D eigenvalue weighted by atomic mass is 10.3. The van der Waals surface area contributed by atoms with Gasteiger partial charge in [0.05, 0.1) is 12.8 Å². The van der Waals surface area contributed by atoms with Crippen LogP contribution in [0.5, 0.6) is 5.75 Å². The molecule has 0 unspecified atom stereocenters. The van der Waals surface area contributed by atoms with Gasteiger partial charge in [-0.1, -0.05) is 0 Å². The molecular weight excluding hydrogens is 256 g/mol. The number of aromatic nitrogens is 2. The standard InChI is InChI=1S/C11H11BrN2O/c1-8-7-11(12)13-14(8)9-3-5-10(15-2)6-4-9/h3-7H,1-2H3. The van der Waals surface area contributed by atoms with Gasteiger partial charge >= 0.3 is 0 Å². The fourth-order valence-electron chi connectivity index (χ4n) is 1.42. The molecule has 0 spiro atoms. The third-order valence-electron chi connectivity index (χ3n) is 2.17. The molecule has 0 saturated heterocycles. The third-order valence-corrected chi connectivity index (χ3v) is 2.56. The van der Waals surface area contributed by atoms with Gasteiger partial charge in [-0.15, -0.1) is 0 Å². The van der Waals surface area contributed by atoms with E-state index in [1.807, 2.05) is 41.9 Å². The number of aryl methyl sites for hydroxylation is 1. The molecule has 0 amide bonds. The summed E-state index contributed by atoms with van der Waals surface area (Å²) in [5.74, 6) is 0.850. The fraction of sp³-hybridized carbons (Fsp3) is 0.182. The number of nitrogens with zero attached hydrogens (tertiary/aromatic N) is 2. The molecule has 0 N–H and O–H groups in total. The molecule has 1 aromatic heterocycles. The smallest absolute Gasteiger partial charge is 0.128 e. The Kier molecular flexibility index (Phi) is 2.77. The zero-order valence-electron chi connectivity index (χ0n) is 8.57. The lowest BCUT2D eigenvalue weighted by molar-refractivity contribution is 0.414. The molecule has 0 fully saturated rings. The van der Waals surface area contributed by atoms with E-state index in [2.05, 4.69) is 21.0 Å². The van der Waals surface area contributed by atoms with Gasteiger partial charge in [-0.3, -0.25) is 0 Å². The van der Waals surface area contributed by atoms with E-state index < -0.39 is 0 Å². The lowest BCUT2D eigenvalue weighted by Gasteiger charge is -2.05. The van der Waals surface area contributed by atoms with Crippen LogP contribution in [0.25, 0.3) is 5.69 Å². The van der Waals surface area contributed by atoms with Crippen LogP contribution in [-0.2, 0) is 0 Å². The van der Waals surface area contributed by atoms with Crippen LogP contribution in [0.4, 0.5) is 0 Å². The Hall–Kier alpha value is -1.29. The van der Waals surface area contributed by atoms with Crippen molar-refractivity contribution >= 4 is 15.9 Å². The molecule has 2 aromatic rings. The summed E-state index contributed by atoms with van der Waals surface area (Å²) in [7, 11) is 1.66. The first kappa shape index (κ1) is 10.2. The van der Waals surface area contributed by atoms with Gasteiger partial charge in [0, 0.05) is 5.69 Å². The minimum Gasteiger partial charge on any atom is -0.497 e. The average molecular weight is 267 g/mol. The molecule has 3 nitrogen and oxygen atoms in total. The molecule has 2 rings (SSSR count). The van der Waals surface area contributed by atoms with E-state index >= 15 is 0 Å². The summed E-state index contributed by atoms with van der Waals surface area (Å²) < 4.78 is 7.82. The van der Waals surface area contributed by atoms with Gasteiger partial charge in [-0.2, -0.15) is 5.10 Å². The van der Waals surface area contributed by atoms with Crippen molar-refractivity contribution in [1.82, 2.24) is 9.78 Å². The number of rotatable bonds is 2. The molecule has 0 radical (unpaired) electrons. The van der Waals surface area contributed by atoms with Crippen LogP contribution >= 0.6 is 15.9 Å². The van der Waals surface area contributed by atoms with Crippen molar-refractivity contribution in [2.24, 2.45) is 0 Å². The van der Waals surface area contributed by atoms with Crippen LogP contribution in [0.3, 0.4) is 0 Å². The number of methoxy groups -OCH3 is 1. The van der Waals surface area contributed by atoms with E-state index in [9.17, 15) is 0 Å². The third kappa shape index (κ3) is 2.04. The zero-order valence-corrected chi connectivity index (χ0v) is 10.2. The molecule has 1 aromatic carbocycles. The molecular formula is C11H11BrN2O. The van der Waals surface area contributed by atoms with Crippen LogP contribution in [0.15, 0.2) is 34.9 Å². The summed E-state index contributed by atoms with van der Waals surface area (Å²) in [5.41, 5.74) is 2.12. The normalized spacial score (nSPS) is 10.3. The highest BCUT2D eigenvalue weighted by atomic mass is 79.9. The Balaban J connectivity index is 2.41. The minimum absolute atomic E-state index is 0.843. The number of hydrogen-bond acceptors (Lipinski definition) is 2.